The zero-order chi connectivity index (χ0) is 12.8. The van der Waals surface area contributed by atoms with Crippen molar-refractivity contribution in [1.29, 1.82) is 0 Å². The van der Waals surface area contributed by atoms with Crippen LogP contribution in [-0.4, -0.2) is 24.0 Å². The number of carbonyl (C=O) groups excluding carboxylic acids is 1. The minimum atomic E-state index is 0.0941. The Bertz CT molecular complexity index is 400. The average molecular weight is 247 g/mol. The fourth-order valence-corrected chi connectivity index (χ4v) is 2.33. The summed E-state index contributed by atoms with van der Waals surface area (Å²) in [5, 5.41) is 6.30. The number of carbonyl (C=O) groups is 1. The van der Waals surface area contributed by atoms with E-state index in [2.05, 4.69) is 15.6 Å². The summed E-state index contributed by atoms with van der Waals surface area (Å²) in [5.41, 5.74) is 1.69. The van der Waals surface area contributed by atoms with Gasteiger partial charge in [-0.2, -0.15) is 0 Å². The molecule has 0 spiro atoms. The van der Waals surface area contributed by atoms with Gasteiger partial charge < -0.3 is 10.6 Å². The summed E-state index contributed by atoms with van der Waals surface area (Å²) in [4.78, 5) is 16.0. The van der Waals surface area contributed by atoms with Crippen molar-refractivity contribution in [3.8, 4) is 0 Å². The molecule has 1 aliphatic heterocycles. The second-order valence-electron chi connectivity index (χ2n) is 4.94. The molecule has 0 saturated carbocycles. The standard InChI is InChI=1S/C14H21N3O/c1-11-13(5-3-9-16-11)17-14(18)7-6-12-4-2-8-15-10-12/h3,5,9,12,15H,2,4,6-8,10H2,1H3,(H,17,18). The van der Waals surface area contributed by atoms with Crippen LogP contribution in [0.25, 0.3) is 0 Å². The molecule has 4 nitrogen and oxygen atoms in total. The molecular weight excluding hydrogens is 226 g/mol. The fraction of sp³-hybridized carbons (Fsp3) is 0.571. The third-order valence-electron chi connectivity index (χ3n) is 3.46. The highest BCUT2D eigenvalue weighted by molar-refractivity contribution is 5.91. The highest BCUT2D eigenvalue weighted by atomic mass is 16.1. The topological polar surface area (TPSA) is 54.0 Å². The van der Waals surface area contributed by atoms with E-state index in [0.717, 1.165) is 30.9 Å². The molecule has 1 aliphatic rings. The number of amides is 1. The van der Waals surface area contributed by atoms with E-state index in [9.17, 15) is 4.79 Å². The maximum absolute atomic E-state index is 11.8. The van der Waals surface area contributed by atoms with Gasteiger partial charge in [-0.25, -0.2) is 0 Å². The lowest BCUT2D eigenvalue weighted by Gasteiger charge is -2.22. The number of piperidine rings is 1. The summed E-state index contributed by atoms with van der Waals surface area (Å²) in [5.74, 6) is 0.746. The quantitative estimate of drug-likeness (QED) is 0.856. The van der Waals surface area contributed by atoms with E-state index in [-0.39, 0.29) is 5.91 Å². The van der Waals surface area contributed by atoms with Gasteiger partial charge in [-0.15, -0.1) is 0 Å². The first-order chi connectivity index (χ1) is 8.75. The molecule has 1 amide bonds. The lowest BCUT2D eigenvalue weighted by molar-refractivity contribution is -0.116. The second kappa shape index (κ2) is 6.50. The molecule has 0 aromatic carbocycles. The maximum Gasteiger partial charge on any atom is 0.224 e. The molecule has 18 heavy (non-hydrogen) atoms. The number of pyridine rings is 1. The van der Waals surface area contributed by atoms with Crippen LogP contribution in [0.15, 0.2) is 18.3 Å². The molecule has 0 radical (unpaired) electrons. The number of hydrogen-bond acceptors (Lipinski definition) is 3. The molecule has 98 valence electrons. The van der Waals surface area contributed by atoms with Crippen LogP contribution in [0.2, 0.25) is 0 Å². The molecular formula is C14H21N3O. The van der Waals surface area contributed by atoms with Crippen LogP contribution in [0.5, 0.6) is 0 Å². The molecule has 0 aliphatic carbocycles. The third-order valence-corrected chi connectivity index (χ3v) is 3.46. The lowest BCUT2D eigenvalue weighted by atomic mass is 9.94. The summed E-state index contributed by atoms with van der Waals surface area (Å²) in [6, 6.07) is 3.73. The number of nitrogens with zero attached hydrogens (tertiary/aromatic N) is 1. The predicted molar refractivity (Wildman–Crippen MR) is 72.4 cm³/mol. The molecule has 2 N–H and O–H groups in total. The first-order valence-corrected chi connectivity index (χ1v) is 6.68. The Kier molecular flexibility index (Phi) is 4.70. The van der Waals surface area contributed by atoms with Gasteiger partial charge in [0.1, 0.15) is 0 Å². The van der Waals surface area contributed by atoms with Crippen LogP contribution in [-0.2, 0) is 4.79 Å². The largest absolute Gasteiger partial charge is 0.325 e. The number of anilines is 1. The van der Waals surface area contributed by atoms with E-state index in [1.165, 1.54) is 12.8 Å². The molecule has 1 unspecified atom stereocenters. The summed E-state index contributed by atoms with van der Waals surface area (Å²) in [6.07, 6.45) is 5.78. The van der Waals surface area contributed by atoms with Gasteiger partial charge in [-0.1, -0.05) is 0 Å². The molecule has 2 rings (SSSR count). The van der Waals surface area contributed by atoms with Crippen LogP contribution in [0, 0.1) is 12.8 Å². The minimum Gasteiger partial charge on any atom is -0.325 e. The Labute approximate surface area is 108 Å². The van der Waals surface area contributed by atoms with Gasteiger partial charge in [0.25, 0.3) is 0 Å². The van der Waals surface area contributed by atoms with Gasteiger partial charge in [-0.05, 0) is 57.3 Å². The summed E-state index contributed by atoms with van der Waals surface area (Å²) in [7, 11) is 0. The van der Waals surface area contributed by atoms with Crippen molar-refractivity contribution >= 4 is 11.6 Å². The first kappa shape index (κ1) is 13.0. The number of nitrogens with one attached hydrogen (secondary N) is 2. The molecule has 1 fully saturated rings. The van der Waals surface area contributed by atoms with Gasteiger partial charge >= 0.3 is 0 Å². The van der Waals surface area contributed by atoms with Crippen molar-refractivity contribution < 1.29 is 4.79 Å². The molecule has 1 aromatic heterocycles. The zero-order valence-corrected chi connectivity index (χ0v) is 10.9. The van der Waals surface area contributed by atoms with Crippen LogP contribution in [0.3, 0.4) is 0 Å². The number of aromatic nitrogens is 1. The van der Waals surface area contributed by atoms with E-state index in [1.54, 1.807) is 6.20 Å². The molecule has 1 aromatic rings. The van der Waals surface area contributed by atoms with E-state index < -0.39 is 0 Å². The maximum atomic E-state index is 11.8. The Morgan fingerprint density at radius 2 is 2.50 bits per heavy atom. The molecule has 2 heterocycles. The molecule has 1 saturated heterocycles. The van der Waals surface area contributed by atoms with Crippen LogP contribution in [0.1, 0.15) is 31.4 Å². The summed E-state index contributed by atoms with van der Waals surface area (Å²) in [6.45, 7) is 4.08. The highest BCUT2D eigenvalue weighted by Crippen LogP contribution is 2.17. The van der Waals surface area contributed by atoms with Crippen molar-refractivity contribution in [2.24, 2.45) is 5.92 Å². The van der Waals surface area contributed by atoms with E-state index in [0.29, 0.717) is 12.3 Å². The van der Waals surface area contributed by atoms with Gasteiger partial charge in [0.15, 0.2) is 0 Å². The Hall–Kier alpha value is -1.42. The monoisotopic (exact) mass is 247 g/mol. The fourth-order valence-electron chi connectivity index (χ4n) is 2.33. The Morgan fingerprint density at radius 1 is 1.61 bits per heavy atom. The van der Waals surface area contributed by atoms with Crippen LogP contribution >= 0.6 is 0 Å². The smallest absolute Gasteiger partial charge is 0.224 e. The zero-order valence-electron chi connectivity index (χ0n) is 10.9. The van der Waals surface area contributed by atoms with Crippen molar-refractivity contribution in [2.75, 3.05) is 18.4 Å². The van der Waals surface area contributed by atoms with Crippen molar-refractivity contribution in [3.63, 3.8) is 0 Å². The lowest BCUT2D eigenvalue weighted by Crippen LogP contribution is -2.30. The van der Waals surface area contributed by atoms with E-state index in [4.69, 9.17) is 0 Å². The number of hydrogen-bond donors (Lipinski definition) is 2. The van der Waals surface area contributed by atoms with Gasteiger partial charge in [0.05, 0.1) is 11.4 Å². The third kappa shape index (κ3) is 3.81. The van der Waals surface area contributed by atoms with Crippen LogP contribution in [0.4, 0.5) is 5.69 Å². The molecule has 0 bridgehead atoms. The summed E-state index contributed by atoms with van der Waals surface area (Å²) < 4.78 is 0. The van der Waals surface area contributed by atoms with Crippen molar-refractivity contribution in [2.45, 2.75) is 32.6 Å². The van der Waals surface area contributed by atoms with Gasteiger partial charge in [0, 0.05) is 12.6 Å². The second-order valence-corrected chi connectivity index (χ2v) is 4.94. The summed E-state index contributed by atoms with van der Waals surface area (Å²) >= 11 is 0. The van der Waals surface area contributed by atoms with E-state index in [1.807, 2.05) is 19.1 Å². The first-order valence-electron chi connectivity index (χ1n) is 6.68. The Balaban J connectivity index is 1.76. The normalized spacial score (nSPS) is 19.5. The Morgan fingerprint density at radius 3 is 3.22 bits per heavy atom. The van der Waals surface area contributed by atoms with Gasteiger partial charge in [-0.3, -0.25) is 9.78 Å². The highest BCUT2D eigenvalue weighted by Gasteiger charge is 2.14. The van der Waals surface area contributed by atoms with Crippen molar-refractivity contribution in [1.82, 2.24) is 10.3 Å². The molecule has 4 heteroatoms. The SMILES string of the molecule is Cc1ncccc1NC(=O)CCC1CCCNC1. The average Bonchev–Trinajstić information content (AvgIpc) is 2.40. The predicted octanol–water partition coefficient (Wildman–Crippen LogP) is 2.11. The van der Waals surface area contributed by atoms with E-state index >= 15 is 0 Å². The van der Waals surface area contributed by atoms with Crippen molar-refractivity contribution in [3.05, 3.63) is 24.0 Å². The van der Waals surface area contributed by atoms with Gasteiger partial charge in [0.2, 0.25) is 5.91 Å². The molecule has 1 atom stereocenters. The number of rotatable bonds is 4. The van der Waals surface area contributed by atoms with Crippen LogP contribution < -0.4 is 10.6 Å². The minimum absolute atomic E-state index is 0.0941. The number of aryl methyl sites for hydroxylation is 1.